The molecule has 1 aromatic carbocycles. The fraction of sp³-hybridized carbons (Fsp3) is 0.0870. The summed E-state index contributed by atoms with van der Waals surface area (Å²) in [6, 6.07) is 12.0. The van der Waals surface area contributed by atoms with Crippen molar-refractivity contribution in [2.45, 2.75) is 13.5 Å². The Morgan fingerprint density at radius 3 is 2.67 bits per heavy atom. The van der Waals surface area contributed by atoms with Gasteiger partial charge in [-0.25, -0.2) is 14.8 Å². The average Bonchev–Trinajstić information content (AvgIpc) is 3.54. The Morgan fingerprint density at radius 1 is 1.11 bits per heavy atom. The number of aryl methyl sites for hydroxylation is 1. The number of aromatic amines is 1. The van der Waals surface area contributed by atoms with E-state index >= 15 is 0 Å². The second-order valence-electron chi connectivity index (χ2n) is 7.83. The summed E-state index contributed by atoms with van der Waals surface area (Å²) in [5.74, 6) is 0.795. The summed E-state index contributed by atoms with van der Waals surface area (Å²) in [5, 5.41) is 22.8. The third-order valence-corrected chi connectivity index (χ3v) is 5.68. The number of rotatable bonds is 6. The summed E-state index contributed by atoms with van der Waals surface area (Å²) in [5.41, 5.74) is 4.01. The molecule has 0 atom stereocenters. The third kappa shape index (κ3) is 4.70. The van der Waals surface area contributed by atoms with Crippen LogP contribution in [-0.2, 0) is 6.54 Å². The highest BCUT2D eigenvalue weighted by molar-refractivity contribution is 6.31. The van der Waals surface area contributed by atoms with Gasteiger partial charge in [0.1, 0.15) is 18.0 Å². The number of pyridine rings is 2. The van der Waals surface area contributed by atoms with Crippen LogP contribution in [0.3, 0.4) is 0 Å². The first-order chi connectivity index (χ1) is 17.4. The van der Waals surface area contributed by atoms with Crippen LogP contribution >= 0.6 is 11.6 Å². The molecule has 4 aromatic heterocycles. The van der Waals surface area contributed by atoms with E-state index in [0.717, 1.165) is 16.8 Å². The number of aromatic nitrogens is 8. The van der Waals surface area contributed by atoms with Gasteiger partial charge in [-0.15, -0.1) is 5.10 Å². The van der Waals surface area contributed by atoms with E-state index in [4.69, 9.17) is 16.7 Å². The molecule has 0 saturated heterocycles. The number of nitrogens with zero attached hydrogens (tertiary/aromatic N) is 7. The zero-order valence-electron chi connectivity index (χ0n) is 18.8. The first-order valence-electron chi connectivity index (χ1n) is 10.6. The van der Waals surface area contributed by atoms with Gasteiger partial charge in [0.25, 0.3) is 5.56 Å². The number of carboxylic acid groups (broad SMARTS) is 1. The standard InChI is InChI=1S/C23H18ClN9O3/c1-13-6-15(17-8-16(24)3-4-19(17)33-12-27-30-31-33)7-22(34)32(13)11-21-26-10-18(28-21)14-2-5-20(25-9-14)29-23(35)36/h2-10,12H,11H2,1H3,(H,25,29)(H,26,28)(H,35,36). The molecule has 0 spiro atoms. The number of benzene rings is 1. The first-order valence-corrected chi connectivity index (χ1v) is 11.0. The lowest BCUT2D eigenvalue weighted by atomic mass is 10.0. The Kier molecular flexibility index (Phi) is 6.00. The number of tetrazole rings is 1. The second kappa shape index (κ2) is 9.43. The fourth-order valence-corrected chi connectivity index (χ4v) is 3.95. The van der Waals surface area contributed by atoms with Crippen molar-refractivity contribution < 1.29 is 9.90 Å². The topological polar surface area (TPSA) is 156 Å². The van der Waals surface area contributed by atoms with Gasteiger partial charge in [-0.05, 0) is 59.3 Å². The second-order valence-corrected chi connectivity index (χ2v) is 8.27. The number of hydrogen-bond acceptors (Lipinski definition) is 7. The lowest BCUT2D eigenvalue weighted by Crippen LogP contribution is -2.23. The summed E-state index contributed by atoms with van der Waals surface area (Å²) < 4.78 is 3.11. The molecule has 36 heavy (non-hydrogen) atoms. The molecule has 12 nitrogen and oxygen atoms in total. The van der Waals surface area contributed by atoms with E-state index in [1.54, 1.807) is 41.1 Å². The minimum atomic E-state index is -1.19. The van der Waals surface area contributed by atoms with Crippen LogP contribution < -0.4 is 10.9 Å². The number of imidazole rings is 1. The molecule has 5 rings (SSSR count). The van der Waals surface area contributed by atoms with Crippen LogP contribution in [0.4, 0.5) is 10.6 Å². The molecule has 3 N–H and O–H groups in total. The average molecular weight is 504 g/mol. The van der Waals surface area contributed by atoms with E-state index in [1.165, 1.54) is 23.3 Å². The molecular weight excluding hydrogens is 486 g/mol. The van der Waals surface area contributed by atoms with Crippen LogP contribution in [0, 0.1) is 6.92 Å². The summed E-state index contributed by atoms with van der Waals surface area (Å²) in [4.78, 5) is 35.5. The number of halogens is 1. The summed E-state index contributed by atoms with van der Waals surface area (Å²) >= 11 is 6.24. The number of amides is 1. The van der Waals surface area contributed by atoms with Crippen LogP contribution in [0.2, 0.25) is 5.02 Å². The SMILES string of the molecule is Cc1cc(-c2cc(Cl)ccc2-n2cnnn2)cc(=O)n1Cc1ncc(-c2ccc(NC(=O)O)nc2)[nH]1. The number of nitrogens with one attached hydrogen (secondary N) is 2. The van der Waals surface area contributed by atoms with Gasteiger partial charge in [-0.3, -0.25) is 10.1 Å². The monoisotopic (exact) mass is 503 g/mol. The molecule has 0 fully saturated rings. The van der Waals surface area contributed by atoms with E-state index in [-0.39, 0.29) is 17.9 Å². The fourth-order valence-electron chi connectivity index (χ4n) is 3.77. The van der Waals surface area contributed by atoms with Crippen molar-refractivity contribution in [2.24, 2.45) is 0 Å². The highest BCUT2D eigenvalue weighted by Crippen LogP contribution is 2.29. The Morgan fingerprint density at radius 2 is 1.97 bits per heavy atom. The highest BCUT2D eigenvalue weighted by Gasteiger charge is 2.14. The van der Waals surface area contributed by atoms with Crippen LogP contribution in [0.5, 0.6) is 0 Å². The summed E-state index contributed by atoms with van der Waals surface area (Å²) in [6.45, 7) is 2.07. The minimum Gasteiger partial charge on any atom is -0.465 e. The Labute approximate surface area is 208 Å². The molecule has 0 aliphatic rings. The largest absolute Gasteiger partial charge is 0.465 e. The van der Waals surface area contributed by atoms with Crippen molar-refractivity contribution in [3.8, 4) is 28.1 Å². The van der Waals surface area contributed by atoms with Gasteiger partial charge in [0, 0.05) is 34.1 Å². The van der Waals surface area contributed by atoms with E-state index in [9.17, 15) is 9.59 Å². The summed E-state index contributed by atoms with van der Waals surface area (Å²) in [7, 11) is 0. The van der Waals surface area contributed by atoms with Gasteiger partial charge in [-0.1, -0.05) is 11.6 Å². The molecule has 13 heteroatoms. The van der Waals surface area contributed by atoms with Crippen molar-refractivity contribution in [1.29, 1.82) is 0 Å². The predicted molar refractivity (Wildman–Crippen MR) is 131 cm³/mol. The van der Waals surface area contributed by atoms with Crippen molar-refractivity contribution in [3.63, 3.8) is 0 Å². The highest BCUT2D eigenvalue weighted by atomic mass is 35.5. The number of hydrogen-bond donors (Lipinski definition) is 3. The van der Waals surface area contributed by atoms with Crippen LogP contribution in [0.1, 0.15) is 11.5 Å². The Hall–Kier alpha value is -4.84. The van der Waals surface area contributed by atoms with Crippen LogP contribution in [0.15, 0.2) is 66.0 Å². The van der Waals surface area contributed by atoms with Gasteiger partial charge in [0.2, 0.25) is 0 Å². The number of anilines is 1. The zero-order valence-corrected chi connectivity index (χ0v) is 19.5. The number of H-pyrrole nitrogens is 1. The number of carbonyl (C=O) groups is 1. The molecular formula is C23H18ClN9O3. The van der Waals surface area contributed by atoms with Crippen molar-refractivity contribution >= 4 is 23.5 Å². The molecule has 0 aliphatic heterocycles. The van der Waals surface area contributed by atoms with E-state index < -0.39 is 6.09 Å². The third-order valence-electron chi connectivity index (χ3n) is 5.45. The first kappa shape index (κ1) is 22.9. The molecule has 0 aliphatic carbocycles. The molecule has 0 saturated carbocycles. The van der Waals surface area contributed by atoms with Crippen molar-refractivity contribution in [1.82, 2.24) is 39.7 Å². The molecule has 1 amide bonds. The van der Waals surface area contributed by atoms with Crippen LogP contribution in [-0.4, -0.2) is 50.9 Å². The Bertz CT molecular complexity index is 1610. The predicted octanol–water partition coefficient (Wildman–Crippen LogP) is 3.38. The van der Waals surface area contributed by atoms with Crippen molar-refractivity contribution in [3.05, 3.63) is 88.1 Å². The van der Waals surface area contributed by atoms with Gasteiger partial charge in [0.15, 0.2) is 0 Å². The van der Waals surface area contributed by atoms with Gasteiger partial charge < -0.3 is 14.7 Å². The molecule has 4 heterocycles. The van der Waals surface area contributed by atoms with Gasteiger partial charge >= 0.3 is 6.09 Å². The van der Waals surface area contributed by atoms with Gasteiger partial charge in [-0.2, -0.15) is 4.68 Å². The lowest BCUT2D eigenvalue weighted by Gasteiger charge is -2.13. The molecule has 0 radical (unpaired) electrons. The maximum absolute atomic E-state index is 13.1. The van der Waals surface area contributed by atoms with Crippen molar-refractivity contribution in [2.75, 3.05) is 5.32 Å². The smallest absolute Gasteiger partial charge is 0.410 e. The summed E-state index contributed by atoms with van der Waals surface area (Å²) in [6.07, 6.45) is 3.45. The molecule has 0 unspecified atom stereocenters. The Balaban J connectivity index is 1.42. The molecule has 180 valence electrons. The zero-order chi connectivity index (χ0) is 25.2. The maximum atomic E-state index is 13.1. The maximum Gasteiger partial charge on any atom is 0.410 e. The molecule has 0 bridgehead atoms. The molecule has 5 aromatic rings. The van der Waals surface area contributed by atoms with E-state index in [1.807, 2.05) is 13.0 Å². The lowest BCUT2D eigenvalue weighted by molar-refractivity contribution is 0.209. The van der Waals surface area contributed by atoms with E-state index in [0.29, 0.717) is 27.8 Å². The normalized spacial score (nSPS) is 10.9. The van der Waals surface area contributed by atoms with Gasteiger partial charge in [0.05, 0.1) is 24.1 Å². The minimum absolute atomic E-state index is 0.212. The van der Waals surface area contributed by atoms with Crippen LogP contribution in [0.25, 0.3) is 28.1 Å². The quantitative estimate of drug-likeness (QED) is 0.318. The van der Waals surface area contributed by atoms with E-state index in [2.05, 4.69) is 35.8 Å².